The number of likely N-dealkylation sites (N-methyl/N-ethyl adjacent to an activating group) is 1. The first-order chi connectivity index (χ1) is 9.37. The van der Waals surface area contributed by atoms with E-state index in [1.807, 2.05) is 7.05 Å². The summed E-state index contributed by atoms with van der Waals surface area (Å²) in [7, 11) is 1.99. The second kappa shape index (κ2) is 7.47. The number of hydrogen-bond acceptors (Lipinski definition) is 3. The van der Waals surface area contributed by atoms with Crippen LogP contribution in [0, 0.1) is 0 Å². The van der Waals surface area contributed by atoms with Crippen molar-refractivity contribution in [3.05, 3.63) is 0 Å². The zero-order chi connectivity index (χ0) is 15.2. The van der Waals surface area contributed by atoms with Gasteiger partial charge in [0.2, 0.25) is 0 Å². The van der Waals surface area contributed by atoms with Crippen molar-refractivity contribution in [3.8, 4) is 0 Å². The van der Waals surface area contributed by atoms with Crippen molar-refractivity contribution in [2.24, 2.45) is 0 Å². The fourth-order valence-electron chi connectivity index (χ4n) is 2.41. The minimum Gasteiger partial charge on any atom is -0.480 e. The lowest BCUT2D eigenvalue weighted by molar-refractivity contribution is -0.145. The largest absolute Gasteiger partial charge is 0.480 e. The number of carboxylic acid groups (broad SMARTS) is 1. The molecule has 116 valence electrons. The molecule has 1 fully saturated rings. The van der Waals surface area contributed by atoms with Gasteiger partial charge in [-0.05, 0) is 33.7 Å². The van der Waals surface area contributed by atoms with Crippen molar-refractivity contribution in [3.63, 3.8) is 0 Å². The maximum absolute atomic E-state index is 11.9. The average molecular weight is 285 g/mol. The smallest absolute Gasteiger partial charge is 0.329 e. The molecule has 0 aromatic carbocycles. The lowest BCUT2D eigenvalue weighted by Crippen LogP contribution is -2.58. The van der Waals surface area contributed by atoms with Crippen LogP contribution in [-0.4, -0.2) is 53.7 Å². The zero-order valence-corrected chi connectivity index (χ0v) is 12.7. The summed E-state index contributed by atoms with van der Waals surface area (Å²) in [5, 5.41) is 14.8. The number of rotatable bonds is 6. The van der Waals surface area contributed by atoms with Crippen LogP contribution in [0.4, 0.5) is 4.79 Å². The highest BCUT2D eigenvalue weighted by atomic mass is 16.4. The quantitative estimate of drug-likeness (QED) is 0.689. The van der Waals surface area contributed by atoms with Crippen LogP contribution in [0.25, 0.3) is 0 Å². The third-order valence-corrected chi connectivity index (χ3v) is 4.10. The second-order valence-electron chi connectivity index (χ2n) is 5.90. The fraction of sp³-hybridized carbons (Fsp3) is 0.857. The van der Waals surface area contributed by atoms with Crippen molar-refractivity contribution in [2.45, 2.75) is 57.5 Å². The van der Waals surface area contributed by atoms with Gasteiger partial charge >= 0.3 is 12.0 Å². The van der Waals surface area contributed by atoms with Crippen LogP contribution in [0.15, 0.2) is 0 Å². The monoisotopic (exact) mass is 285 g/mol. The van der Waals surface area contributed by atoms with Gasteiger partial charge in [-0.15, -0.1) is 0 Å². The van der Waals surface area contributed by atoms with Crippen LogP contribution in [0.2, 0.25) is 0 Å². The molecule has 20 heavy (non-hydrogen) atoms. The molecular formula is C14H27N3O3. The van der Waals surface area contributed by atoms with Gasteiger partial charge in [0.1, 0.15) is 5.54 Å². The highest BCUT2D eigenvalue weighted by molar-refractivity contribution is 5.86. The fourth-order valence-corrected chi connectivity index (χ4v) is 2.41. The molecule has 0 unspecified atom stereocenters. The maximum Gasteiger partial charge on any atom is 0.329 e. The number of hydrogen-bond donors (Lipinski definition) is 3. The second-order valence-corrected chi connectivity index (χ2v) is 5.90. The Morgan fingerprint density at radius 2 is 1.85 bits per heavy atom. The van der Waals surface area contributed by atoms with E-state index in [0.717, 1.165) is 25.8 Å². The molecule has 0 aromatic heterocycles. The summed E-state index contributed by atoms with van der Waals surface area (Å²) < 4.78 is 0. The Hall–Kier alpha value is -1.30. The maximum atomic E-state index is 11.9. The van der Waals surface area contributed by atoms with Gasteiger partial charge in [0.05, 0.1) is 0 Å². The molecule has 1 aliphatic carbocycles. The number of carboxylic acids is 1. The number of nitrogens with zero attached hydrogens (tertiary/aromatic N) is 1. The molecule has 1 aliphatic rings. The molecular weight excluding hydrogens is 258 g/mol. The SMILES string of the molecule is CC(C)N(C)CCNC(=O)NC1(C(=O)O)CCCCC1. The summed E-state index contributed by atoms with van der Waals surface area (Å²) in [5.41, 5.74) is -1.08. The molecule has 0 heterocycles. The molecule has 6 heteroatoms. The topological polar surface area (TPSA) is 81.7 Å². The predicted octanol–water partition coefficient (Wildman–Crippen LogP) is 1.41. The van der Waals surface area contributed by atoms with Crippen molar-refractivity contribution < 1.29 is 14.7 Å². The van der Waals surface area contributed by atoms with Crippen LogP contribution in [0.5, 0.6) is 0 Å². The van der Waals surface area contributed by atoms with E-state index in [4.69, 9.17) is 0 Å². The van der Waals surface area contributed by atoms with E-state index in [1.165, 1.54) is 0 Å². The van der Waals surface area contributed by atoms with E-state index in [0.29, 0.717) is 25.4 Å². The summed E-state index contributed by atoms with van der Waals surface area (Å²) >= 11 is 0. The Morgan fingerprint density at radius 3 is 2.35 bits per heavy atom. The molecule has 6 nitrogen and oxygen atoms in total. The average Bonchev–Trinajstić information content (AvgIpc) is 2.39. The number of aliphatic carboxylic acids is 1. The first kappa shape index (κ1) is 16.8. The Balaban J connectivity index is 2.41. The minimum atomic E-state index is -1.08. The summed E-state index contributed by atoms with van der Waals surface area (Å²) in [6.45, 7) is 5.42. The predicted molar refractivity (Wildman–Crippen MR) is 77.8 cm³/mol. The number of urea groups is 1. The number of carbonyl (C=O) groups is 2. The van der Waals surface area contributed by atoms with Crippen LogP contribution < -0.4 is 10.6 Å². The molecule has 2 amide bonds. The molecule has 0 aromatic rings. The van der Waals surface area contributed by atoms with Gasteiger partial charge in [-0.3, -0.25) is 0 Å². The Morgan fingerprint density at radius 1 is 1.25 bits per heavy atom. The van der Waals surface area contributed by atoms with Gasteiger partial charge in [-0.25, -0.2) is 9.59 Å². The Bertz CT molecular complexity index is 339. The first-order valence-electron chi connectivity index (χ1n) is 7.37. The van der Waals surface area contributed by atoms with Crippen LogP contribution in [-0.2, 0) is 4.79 Å². The molecule has 0 spiro atoms. The highest BCUT2D eigenvalue weighted by Gasteiger charge is 2.40. The lowest BCUT2D eigenvalue weighted by Gasteiger charge is -2.34. The van der Waals surface area contributed by atoms with Crippen LogP contribution in [0.1, 0.15) is 46.0 Å². The van der Waals surface area contributed by atoms with Gasteiger partial charge in [0.25, 0.3) is 0 Å². The van der Waals surface area contributed by atoms with E-state index in [2.05, 4.69) is 29.4 Å². The first-order valence-corrected chi connectivity index (χ1v) is 7.37. The van der Waals surface area contributed by atoms with E-state index in [-0.39, 0.29) is 6.03 Å². The Labute approximate surface area is 120 Å². The summed E-state index contributed by atoms with van der Waals surface area (Å²) in [4.78, 5) is 25.4. The molecule has 0 saturated heterocycles. The number of amides is 2. The third-order valence-electron chi connectivity index (χ3n) is 4.10. The standard InChI is InChI=1S/C14H27N3O3/c1-11(2)17(3)10-9-15-13(20)16-14(12(18)19)7-5-4-6-8-14/h11H,4-10H2,1-3H3,(H,18,19)(H2,15,16,20). The van der Waals surface area contributed by atoms with Gasteiger partial charge in [-0.1, -0.05) is 19.3 Å². The molecule has 1 rings (SSSR count). The van der Waals surface area contributed by atoms with E-state index in [9.17, 15) is 14.7 Å². The summed E-state index contributed by atoms with van der Waals surface area (Å²) in [6.07, 6.45) is 3.77. The van der Waals surface area contributed by atoms with Crippen LogP contribution >= 0.6 is 0 Å². The van der Waals surface area contributed by atoms with Crippen molar-refractivity contribution in [2.75, 3.05) is 20.1 Å². The molecule has 1 saturated carbocycles. The van der Waals surface area contributed by atoms with Gasteiger partial charge < -0.3 is 20.6 Å². The van der Waals surface area contributed by atoms with Crippen molar-refractivity contribution in [1.82, 2.24) is 15.5 Å². The zero-order valence-electron chi connectivity index (χ0n) is 12.7. The van der Waals surface area contributed by atoms with Gasteiger partial charge in [-0.2, -0.15) is 0 Å². The van der Waals surface area contributed by atoms with E-state index in [1.54, 1.807) is 0 Å². The number of nitrogens with one attached hydrogen (secondary N) is 2. The molecule has 0 radical (unpaired) electrons. The summed E-state index contributed by atoms with van der Waals surface area (Å²) in [6, 6.07) is 0.0371. The van der Waals surface area contributed by atoms with Crippen LogP contribution in [0.3, 0.4) is 0 Å². The molecule has 0 aliphatic heterocycles. The van der Waals surface area contributed by atoms with E-state index >= 15 is 0 Å². The minimum absolute atomic E-state index is 0.383. The molecule has 3 N–H and O–H groups in total. The van der Waals surface area contributed by atoms with Crippen molar-refractivity contribution in [1.29, 1.82) is 0 Å². The molecule has 0 bridgehead atoms. The summed E-state index contributed by atoms with van der Waals surface area (Å²) in [5.74, 6) is -0.924. The normalized spacial score (nSPS) is 18.1. The number of carbonyl (C=O) groups excluding carboxylic acids is 1. The third kappa shape index (κ3) is 4.67. The Kier molecular flexibility index (Phi) is 6.26. The lowest BCUT2D eigenvalue weighted by atomic mass is 9.82. The van der Waals surface area contributed by atoms with E-state index < -0.39 is 11.5 Å². The van der Waals surface area contributed by atoms with Gasteiger partial charge in [0.15, 0.2) is 0 Å². The highest BCUT2D eigenvalue weighted by Crippen LogP contribution is 2.28. The van der Waals surface area contributed by atoms with Crippen molar-refractivity contribution >= 4 is 12.0 Å². The van der Waals surface area contributed by atoms with Gasteiger partial charge in [0, 0.05) is 19.1 Å². The molecule has 0 atom stereocenters.